The van der Waals surface area contributed by atoms with Crippen LogP contribution in [0.25, 0.3) is 16.6 Å². The summed E-state index contributed by atoms with van der Waals surface area (Å²) in [5.74, 6) is 0.867. The Balaban J connectivity index is 1.53. The Morgan fingerprint density at radius 1 is 1.00 bits per heavy atom. The highest BCUT2D eigenvalue weighted by molar-refractivity contribution is 5.82. The van der Waals surface area contributed by atoms with Crippen molar-refractivity contribution in [3.8, 4) is 5.69 Å². The summed E-state index contributed by atoms with van der Waals surface area (Å²) >= 11 is 0. The lowest BCUT2D eigenvalue weighted by Crippen LogP contribution is -2.24. The summed E-state index contributed by atoms with van der Waals surface area (Å²) in [5.41, 5.74) is 4.75. The SMILES string of the molecule is Cc1ccc(-n2c(C(C)C)nc3cc(NCCOCc4ccccc4)ccc3c2=O)cc1. The number of ether oxygens (including phenoxy) is 1. The number of nitrogens with one attached hydrogen (secondary N) is 1. The van der Waals surface area contributed by atoms with Gasteiger partial charge in [0.15, 0.2) is 0 Å². The van der Waals surface area contributed by atoms with E-state index in [1.54, 1.807) is 4.57 Å². The topological polar surface area (TPSA) is 56.1 Å². The molecule has 1 aromatic heterocycles. The van der Waals surface area contributed by atoms with Crippen molar-refractivity contribution in [2.75, 3.05) is 18.5 Å². The van der Waals surface area contributed by atoms with E-state index >= 15 is 0 Å². The van der Waals surface area contributed by atoms with Crippen molar-refractivity contribution in [3.05, 3.63) is 100 Å². The van der Waals surface area contributed by atoms with Crippen molar-refractivity contribution in [2.24, 2.45) is 0 Å². The molecule has 0 bridgehead atoms. The Bertz CT molecular complexity index is 1250. The van der Waals surface area contributed by atoms with Crippen molar-refractivity contribution < 1.29 is 4.74 Å². The number of nitrogens with zero attached hydrogens (tertiary/aromatic N) is 2. The van der Waals surface area contributed by atoms with E-state index in [0.29, 0.717) is 30.7 Å². The lowest BCUT2D eigenvalue weighted by Gasteiger charge is -2.17. The van der Waals surface area contributed by atoms with Gasteiger partial charge in [0, 0.05) is 18.2 Å². The van der Waals surface area contributed by atoms with Gasteiger partial charge in [-0.05, 0) is 42.8 Å². The van der Waals surface area contributed by atoms with Crippen molar-refractivity contribution >= 4 is 16.6 Å². The number of hydrogen-bond donors (Lipinski definition) is 1. The van der Waals surface area contributed by atoms with E-state index in [9.17, 15) is 4.79 Å². The van der Waals surface area contributed by atoms with Crippen LogP contribution < -0.4 is 10.9 Å². The van der Waals surface area contributed by atoms with Gasteiger partial charge in [-0.25, -0.2) is 4.98 Å². The van der Waals surface area contributed by atoms with E-state index in [4.69, 9.17) is 9.72 Å². The molecule has 164 valence electrons. The van der Waals surface area contributed by atoms with Crippen LogP contribution in [0, 0.1) is 6.92 Å². The lowest BCUT2D eigenvalue weighted by molar-refractivity contribution is 0.130. The molecule has 3 aromatic carbocycles. The molecule has 0 saturated heterocycles. The molecular formula is C27H29N3O2. The second-order valence-corrected chi connectivity index (χ2v) is 8.30. The Morgan fingerprint density at radius 3 is 2.47 bits per heavy atom. The fraction of sp³-hybridized carbons (Fsp3) is 0.259. The Labute approximate surface area is 188 Å². The third-order valence-electron chi connectivity index (χ3n) is 5.39. The van der Waals surface area contributed by atoms with Gasteiger partial charge in [-0.2, -0.15) is 0 Å². The second kappa shape index (κ2) is 9.79. The van der Waals surface area contributed by atoms with Crippen molar-refractivity contribution in [1.29, 1.82) is 0 Å². The van der Waals surface area contributed by atoms with Crippen LogP contribution in [0.5, 0.6) is 0 Å². The maximum absolute atomic E-state index is 13.4. The van der Waals surface area contributed by atoms with E-state index in [0.717, 1.165) is 28.3 Å². The highest BCUT2D eigenvalue weighted by Crippen LogP contribution is 2.21. The number of hydrogen-bond acceptors (Lipinski definition) is 4. The van der Waals surface area contributed by atoms with Crippen LogP contribution in [0.1, 0.15) is 36.7 Å². The molecule has 0 unspecified atom stereocenters. The largest absolute Gasteiger partial charge is 0.383 e. The van der Waals surface area contributed by atoms with Crippen LogP contribution in [0.2, 0.25) is 0 Å². The average molecular weight is 428 g/mol. The van der Waals surface area contributed by atoms with Crippen molar-refractivity contribution in [2.45, 2.75) is 33.3 Å². The third kappa shape index (κ3) is 4.89. The fourth-order valence-electron chi connectivity index (χ4n) is 3.68. The van der Waals surface area contributed by atoms with E-state index in [2.05, 4.69) is 31.3 Å². The van der Waals surface area contributed by atoms with Crippen LogP contribution in [0.15, 0.2) is 77.6 Å². The zero-order valence-electron chi connectivity index (χ0n) is 18.8. The van der Waals surface area contributed by atoms with Gasteiger partial charge in [-0.15, -0.1) is 0 Å². The molecule has 32 heavy (non-hydrogen) atoms. The average Bonchev–Trinajstić information content (AvgIpc) is 2.80. The van der Waals surface area contributed by atoms with Gasteiger partial charge in [0.2, 0.25) is 0 Å². The van der Waals surface area contributed by atoms with Crippen LogP contribution in [-0.4, -0.2) is 22.7 Å². The van der Waals surface area contributed by atoms with Gasteiger partial charge in [0.25, 0.3) is 5.56 Å². The summed E-state index contributed by atoms with van der Waals surface area (Å²) in [6, 6.07) is 23.8. The maximum Gasteiger partial charge on any atom is 0.265 e. The third-order valence-corrected chi connectivity index (χ3v) is 5.39. The second-order valence-electron chi connectivity index (χ2n) is 8.30. The minimum absolute atomic E-state index is 0.0414. The van der Waals surface area contributed by atoms with Crippen molar-refractivity contribution in [3.63, 3.8) is 0 Å². The number of anilines is 1. The van der Waals surface area contributed by atoms with Gasteiger partial charge in [0.1, 0.15) is 5.82 Å². The quantitative estimate of drug-likeness (QED) is 0.380. The normalized spacial score (nSPS) is 11.2. The number of aromatic nitrogens is 2. The molecular weight excluding hydrogens is 398 g/mol. The molecule has 4 rings (SSSR count). The molecule has 0 aliphatic rings. The number of rotatable bonds is 8. The minimum atomic E-state index is -0.0414. The van der Waals surface area contributed by atoms with E-state index in [1.165, 1.54) is 0 Å². The monoisotopic (exact) mass is 427 g/mol. The Morgan fingerprint density at radius 2 is 1.75 bits per heavy atom. The molecule has 5 heteroatoms. The highest BCUT2D eigenvalue weighted by Gasteiger charge is 2.15. The van der Waals surface area contributed by atoms with Crippen LogP contribution in [0.3, 0.4) is 0 Å². The van der Waals surface area contributed by atoms with E-state index < -0.39 is 0 Å². The van der Waals surface area contributed by atoms with Crippen LogP contribution in [-0.2, 0) is 11.3 Å². The smallest absolute Gasteiger partial charge is 0.265 e. The van der Waals surface area contributed by atoms with E-state index in [1.807, 2.05) is 67.6 Å². The molecule has 1 heterocycles. The first-order valence-corrected chi connectivity index (χ1v) is 11.0. The molecule has 5 nitrogen and oxygen atoms in total. The molecule has 0 aliphatic heterocycles. The predicted octanol–water partition coefficient (Wildman–Crippen LogP) is 5.45. The summed E-state index contributed by atoms with van der Waals surface area (Å²) in [6.45, 7) is 8.02. The van der Waals surface area contributed by atoms with Crippen LogP contribution in [0.4, 0.5) is 5.69 Å². The maximum atomic E-state index is 13.4. The molecule has 0 amide bonds. The molecule has 0 aliphatic carbocycles. The van der Waals surface area contributed by atoms with Gasteiger partial charge in [0.05, 0.1) is 29.8 Å². The van der Waals surface area contributed by atoms with Crippen LogP contribution >= 0.6 is 0 Å². The molecule has 0 saturated carbocycles. The zero-order chi connectivity index (χ0) is 22.5. The zero-order valence-corrected chi connectivity index (χ0v) is 18.8. The molecule has 0 spiro atoms. The predicted molar refractivity (Wildman–Crippen MR) is 131 cm³/mol. The molecule has 0 radical (unpaired) electrons. The lowest BCUT2D eigenvalue weighted by atomic mass is 10.1. The van der Waals surface area contributed by atoms with Crippen molar-refractivity contribution in [1.82, 2.24) is 9.55 Å². The first-order valence-electron chi connectivity index (χ1n) is 11.0. The summed E-state index contributed by atoms with van der Waals surface area (Å²) in [4.78, 5) is 18.2. The highest BCUT2D eigenvalue weighted by atomic mass is 16.5. The van der Waals surface area contributed by atoms with Gasteiger partial charge in [-0.1, -0.05) is 61.9 Å². The van der Waals surface area contributed by atoms with E-state index in [-0.39, 0.29) is 11.5 Å². The standard InChI is InChI=1S/C27H29N3O2/c1-19(2)26-29-25-17-22(28-15-16-32-18-21-7-5-4-6-8-21)11-14-24(25)27(31)30(26)23-12-9-20(3)10-13-23/h4-14,17,19,28H,15-16,18H2,1-3H3. The summed E-state index contributed by atoms with van der Waals surface area (Å²) in [6.07, 6.45) is 0. The Hall–Kier alpha value is -3.44. The molecule has 1 N–H and O–H groups in total. The number of fused-ring (bicyclic) bond motifs is 1. The summed E-state index contributed by atoms with van der Waals surface area (Å²) in [7, 11) is 0. The number of benzene rings is 3. The molecule has 0 fully saturated rings. The van der Waals surface area contributed by atoms with Gasteiger partial charge >= 0.3 is 0 Å². The first-order chi connectivity index (χ1) is 15.5. The molecule has 4 aromatic rings. The van der Waals surface area contributed by atoms with Gasteiger partial charge < -0.3 is 10.1 Å². The summed E-state index contributed by atoms with van der Waals surface area (Å²) in [5, 5.41) is 3.98. The first kappa shape index (κ1) is 21.8. The summed E-state index contributed by atoms with van der Waals surface area (Å²) < 4.78 is 7.47. The minimum Gasteiger partial charge on any atom is -0.383 e. The fourth-order valence-corrected chi connectivity index (χ4v) is 3.68. The number of aryl methyl sites for hydroxylation is 1. The molecule has 0 atom stereocenters. The van der Waals surface area contributed by atoms with Gasteiger partial charge in [-0.3, -0.25) is 9.36 Å². The Kier molecular flexibility index (Phi) is 6.66.